The van der Waals surface area contributed by atoms with Crippen molar-refractivity contribution in [2.24, 2.45) is 0 Å². The molecular formula is C12H21NOS. The molecule has 0 unspecified atom stereocenters. The van der Waals surface area contributed by atoms with E-state index < -0.39 is 0 Å². The molecule has 2 N–H and O–H groups in total. The van der Waals surface area contributed by atoms with Crippen molar-refractivity contribution in [2.75, 3.05) is 13.2 Å². The molecule has 1 aromatic heterocycles. The maximum atomic E-state index is 8.62. The topological polar surface area (TPSA) is 32.3 Å². The van der Waals surface area contributed by atoms with Gasteiger partial charge < -0.3 is 10.4 Å². The van der Waals surface area contributed by atoms with E-state index in [0.29, 0.717) is 12.6 Å². The number of rotatable bonds is 8. The van der Waals surface area contributed by atoms with Gasteiger partial charge in [-0.2, -0.15) is 0 Å². The lowest BCUT2D eigenvalue weighted by Crippen LogP contribution is -2.18. The third-order valence-corrected chi connectivity index (χ3v) is 3.56. The van der Waals surface area contributed by atoms with E-state index in [-0.39, 0.29) is 0 Å². The van der Waals surface area contributed by atoms with Crippen molar-refractivity contribution in [3.8, 4) is 0 Å². The summed E-state index contributed by atoms with van der Waals surface area (Å²) >= 11 is 1.81. The minimum absolute atomic E-state index is 0.332. The molecule has 0 spiro atoms. The third kappa shape index (κ3) is 5.30. The van der Waals surface area contributed by atoms with Crippen molar-refractivity contribution in [1.82, 2.24) is 5.32 Å². The Balaban J connectivity index is 2.00. The maximum absolute atomic E-state index is 8.62. The summed E-state index contributed by atoms with van der Waals surface area (Å²) in [7, 11) is 0. The first-order valence-corrected chi connectivity index (χ1v) is 6.60. The summed E-state index contributed by atoms with van der Waals surface area (Å²) in [6.45, 7) is 3.61. The molecule has 0 aliphatic rings. The van der Waals surface area contributed by atoms with Crippen molar-refractivity contribution >= 4 is 11.3 Å². The zero-order chi connectivity index (χ0) is 10.9. The van der Waals surface area contributed by atoms with Crippen LogP contribution in [0.15, 0.2) is 17.5 Å². The number of thiophene rings is 1. The fourth-order valence-corrected chi connectivity index (χ4v) is 2.31. The molecule has 0 radical (unpaired) electrons. The average Bonchev–Trinajstić information content (AvgIpc) is 2.76. The van der Waals surface area contributed by atoms with Crippen LogP contribution in [0.3, 0.4) is 0 Å². The average molecular weight is 227 g/mol. The van der Waals surface area contributed by atoms with E-state index in [1.54, 1.807) is 0 Å². The Kier molecular flexibility index (Phi) is 6.64. The SMILES string of the molecule is C[C@H](NCCCCCCO)c1cccs1. The van der Waals surface area contributed by atoms with E-state index in [4.69, 9.17) is 5.11 Å². The van der Waals surface area contributed by atoms with Crippen LogP contribution in [0.25, 0.3) is 0 Å². The maximum Gasteiger partial charge on any atom is 0.0431 e. The van der Waals surface area contributed by atoms with Crippen molar-refractivity contribution in [1.29, 1.82) is 0 Å². The summed E-state index contributed by atoms with van der Waals surface area (Å²) < 4.78 is 0. The van der Waals surface area contributed by atoms with Crippen LogP contribution in [0.4, 0.5) is 0 Å². The van der Waals surface area contributed by atoms with E-state index in [0.717, 1.165) is 19.4 Å². The summed E-state index contributed by atoms with van der Waals surface area (Å²) in [5.74, 6) is 0. The van der Waals surface area contributed by atoms with Crippen LogP contribution in [-0.4, -0.2) is 18.3 Å². The van der Waals surface area contributed by atoms with Gasteiger partial charge in [0.2, 0.25) is 0 Å². The van der Waals surface area contributed by atoms with E-state index in [9.17, 15) is 0 Å². The van der Waals surface area contributed by atoms with Crippen LogP contribution in [0.1, 0.15) is 43.5 Å². The Hall–Kier alpha value is -0.380. The number of hydrogen-bond acceptors (Lipinski definition) is 3. The van der Waals surface area contributed by atoms with E-state index in [2.05, 4.69) is 29.8 Å². The molecule has 86 valence electrons. The van der Waals surface area contributed by atoms with Crippen LogP contribution in [0.5, 0.6) is 0 Å². The zero-order valence-electron chi connectivity index (χ0n) is 9.41. The van der Waals surface area contributed by atoms with Crippen molar-refractivity contribution in [2.45, 2.75) is 38.6 Å². The smallest absolute Gasteiger partial charge is 0.0431 e. The van der Waals surface area contributed by atoms with Gasteiger partial charge in [0.1, 0.15) is 0 Å². The highest BCUT2D eigenvalue weighted by Gasteiger charge is 2.03. The lowest BCUT2D eigenvalue weighted by atomic mass is 10.2. The van der Waals surface area contributed by atoms with Gasteiger partial charge in [0, 0.05) is 17.5 Å². The minimum Gasteiger partial charge on any atom is -0.396 e. The Labute approximate surface area is 96.3 Å². The standard InChI is InChI=1S/C12H21NOS/c1-11(12-7-6-10-15-12)13-8-4-2-3-5-9-14/h6-7,10-11,13-14H,2-5,8-9H2,1H3/t11-/m0/s1. The summed E-state index contributed by atoms with van der Waals surface area (Å²) in [6.07, 6.45) is 4.51. The van der Waals surface area contributed by atoms with E-state index >= 15 is 0 Å². The zero-order valence-corrected chi connectivity index (χ0v) is 10.2. The molecule has 0 aliphatic heterocycles. The summed E-state index contributed by atoms with van der Waals surface area (Å²) in [6, 6.07) is 4.75. The lowest BCUT2D eigenvalue weighted by Gasteiger charge is -2.11. The molecular weight excluding hydrogens is 206 g/mol. The molecule has 0 saturated carbocycles. The van der Waals surface area contributed by atoms with Gasteiger partial charge in [0.25, 0.3) is 0 Å². The molecule has 0 bridgehead atoms. The van der Waals surface area contributed by atoms with Crippen molar-refractivity contribution < 1.29 is 5.11 Å². The molecule has 0 aromatic carbocycles. The number of nitrogens with one attached hydrogen (secondary N) is 1. The quantitative estimate of drug-likeness (QED) is 0.669. The second kappa shape index (κ2) is 7.85. The van der Waals surface area contributed by atoms with Crippen LogP contribution in [-0.2, 0) is 0 Å². The Morgan fingerprint density at radius 2 is 2.13 bits per heavy atom. The lowest BCUT2D eigenvalue weighted by molar-refractivity contribution is 0.282. The van der Waals surface area contributed by atoms with E-state index in [1.165, 1.54) is 17.7 Å². The van der Waals surface area contributed by atoms with E-state index in [1.807, 2.05) is 11.3 Å². The predicted octanol–water partition coefficient (Wildman–Crippen LogP) is 2.95. The summed E-state index contributed by atoms with van der Waals surface area (Å²) in [5, 5.41) is 14.3. The Morgan fingerprint density at radius 1 is 1.33 bits per heavy atom. The first-order valence-electron chi connectivity index (χ1n) is 5.72. The molecule has 2 nitrogen and oxygen atoms in total. The van der Waals surface area contributed by atoms with Gasteiger partial charge in [0.15, 0.2) is 0 Å². The Bertz CT molecular complexity index is 236. The fraction of sp³-hybridized carbons (Fsp3) is 0.667. The number of unbranched alkanes of at least 4 members (excludes halogenated alkanes) is 3. The van der Waals surface area contributed by atoms with Crippen molar-refractivity contribution in [3.63, 3.8) is 0 Å². The molecule has 0 amide bonds. The molecule has 0 aliphatic carbocycles. The van der Waals surface area contributed by atoms with Crippen molar-refractivity contribution in [3.05, 3.63) is 22.4 Å². The summed E-state index contributed by atoms with van der Waals surface area (Å²) in [5.41, 5.74) is 0. The van der Waals surface area contributed by atoms with Gasteiger partial charge in [-0.15, -0.1) is 11.3 Å². The number of aliphatic hydroxyl groups is 1. The number of aliphatic hydroxyl groups excluding tert-OH is 1. The minimum atomic E-state index is 0.332. The molecule has 3 heteroatoms. The van der Waals surface area contributed by atoms with Gasteiger partial charge in [-0.1, -0.05) is 18.9 Å². The van der Waals surface area contributed by atoms with Gasteiger partial charge in [0.05, 0.1) is 0 Å². The van der Waals surface area contributed by atoms with Crippen LogP contribution >= 0.6 is 11.3 Å². The van der Waals surface area contributed by atoms with Gasteiger partial charge >= 0.3 is 0 Å². The van der Waals surface area contributed by atoms with Crippen LogP contribution < -0.4 is 5.32 Å². The normalized spacial score (nSPS) is 12.9. The molecule has 1 aromatic rings. The van der Waals surface area contributed by atoms with Gasteiger partial charge in [-0.25, -0.2) is 0 Å². The highest BCUT2D eigenvalue weighted by molar-refractivity contribution is 7.10. The van der Waals surface area contributed by atoms with Crippen LogP contribution in [0, 0.1) is 0 Å². The second-order valence-electron chi connectivity index (χ2n) is 3.83. The molecule has 15 heavy (non-hydrogen) atoms. The monoisotopic (exact) mass is 227 g/mol. The van der Waals surface area contributed by atoms with Gasteiger partial charge in [-0.3, -0.25) is 0 Å². The fourth-order valence-electron chi connectivity index (χ4n) is 1.55. The Morgan fingerprint density at radius 3 is 2.80 bits per heavy atom. The second-order valence-corrected chi connectivity index (χ2v) is 4.81. The summed E-state index contributed by atoms with van der Waals surface area (Å²) in [4.78, 5) is 1.41. The van der Waals surface area contributed by atoms with Crippen LogP contribution in [0.2, 0.25) is 0 Å². The molecule has 1 atom stereocenters. The first kappa shape index (κ1) is 12.7. The molecule has 1 rings (SSSR count). The molecule has 0 saturated heterocycles. The number of hydrogen-bond donors (Lipinski definition) is 2. The largest absolute Gasteiger partial charge is 0.396 e. The van der Waals surface area contributed by atoms with Gasteiger partial charge in [-0.05, 0) is 37.8 Å². The third-order valence-electron chi connectivity index (χ3n) is 2.51. The first-order chi connectivity index (χ1) is 7.34. The predicted molar refractivity (Wildman–Crippen MR) is 66.3 cm³/mol. The highest BCUT2D eigenvalue weighted by Crippen LogP contribution is 2.17. The molecule has 0 fully saturated rings. The molecule has 1 heterocycles. The highest BCUT2D eigenvalue weighted by atomic mass is 32.1.